The standard InChI is InChI=1S/C21H16N2O4S/c1-26-19-12-14(21-22-16-7-3-5-9-20(16)28-21)10-11-18(19)27-13-15-6-2-4-8-17(15)23(24)25/h2-12H,13H2,1H3. The molecule has 7 heteroatoms. The first-order chi connectivity index (χ1) is 13.7. The van der Waals surface area contributed by atoms with Gasteiger partial charge in [-0.1, -0.05) is 24.3 Å². The van der Waals surface area contributed by atoms with Crippen molar-refractivity contribution in [1.82, 2.24) is 4.98 Å². The molecule has 4 rings (SSSR count). The van der Waals surface area contributed by atoms with Gasteiger partial charge in [0.2, 0.25) is 0 Å². The van der Waals surface area contributed by atoms with Crippen molar-refractivity contribution in [3.05, 3.63) is 82.4 Å². The van der Waals surface area contributed by atoms with Crippen LogP contribution in [0.25, 0.3) is 20.8 Å². The molecule has 1 aromatic heterocycles. The third-order valence-electron chi connectivity index (χ3n) is 4.28. The topological polar surface area (TPSA) is 74.5 Å². The summed E-state index contributed by atoms with van der Waals surface area (Å²) in [7, 11) is 1.56. The molecule has 4 aromatic rings. The van der Waals surface area contributed by atoms with Crippen molar-refractivity contribution in [3.63, 3.8) is 0 Å². The summed E-state index contributed by atoms with van der Waals surface area (Å²) in [6, 6.07) is 20.1. The Labute approximate surface area is 165 Å². The van der Waals surface area contributed by atoms with Crippen LogP contribution in [0, 0.1) is 10.1 Å². The molecular weight excluding hydrogens is 376 g/mol. The highest BCUT2D eigenvalue weighted by Gasteiger charge is 2.15. The number of methoxy groups -OCH3 is 1. The average molecular weight is 392 g/mol. The predicted octanol–water partition coefficient (Wildman–Crippen LogP) is 5.46. The molecule has 3 aromatic carbocycles. The second-order valence-electron chi connectivity index (χ2n) is 6.03. The van der Waals surface area contributed by atoms with Gasteiger partial charge in [-0.25, -0.2) is 4.98 Å². The fraction of sp³-hybridized carbons (Fsp3) is 0.0952. The minimum atomic E-state index is -0.411. The van der Waals surface area contributed by atoms with Crippen molar-refractivity contribution < 1.29 is 14.4 Å². The van der Waals surface area contributed by atoms with Gasteiger partial charge >= 0.3 is 0 Å². The van der Waals surface area contributed by atoms with E-state index in [0.29, 0.717) is 17.1 Å². The van der Waals surface area contributed by atoms with E-state index in [2.05, 4.69) is 4.98 Å². The van der Waals surface area contributed by atoms with Crippen LogP contribution in [0.15, 0.2) is 66.7 Å². The summed E-state index contributed by atoms with van der Waals surface area (Å²) >= 11 is 1.61. The van der Waals surface area contributed by atoms with Crippen LogP contribution in [0.1, 0.15) is 5.56 Å². The molecule has 6 nitrogen and oxygen atoms in total. The van der Waals surface area contributed by atoms with Crippen LogP contribution in [0.3, 0.4) is 0 Å². The number of hydrogen-bond acceptors (Lipinski definition) is 6. The molecule has 0 N–H and O–H groups in total. The molecule has 0 radical (unpaired) electrons. The lowest BCUT2D eigenvalue weighted by Crippen LogP contribution is -2.01. The Balaban J connectivity index is 1.60. The van der Waals surface area contributed by atoms with Gasteiger partial charge in [-0.3, -0.25) is 10.1 Å². The predicted molar refractivity (Wildman–Crippen MR) is 109 cm³/mol. The van der Waals surface area contributed by atoms with Gasteiger partial charge in [-0.15, -0.1) is 11.3 Å². The zero-order valence-corrected chi connectivity index (χ0v) is 15.8. The van der Waals surface area contributed by atoms with Crippen LogP contribution in [-0.4, -0.2) is 17.0 Å². The Morgan fingerprint density at radius 2 is 1.82 bits per heavy atom. The Kier molecular flexibility index (Phi) is 4.90. The molecule has 0 aliphatic carbocycles. The van der Waals surface area contributed by atoms with E-state index in [-0.39, 0.29) is 12.3 Å². The summed E-state index contributed by atoms with van der Waals surface area (Å²) in [5.74, 6) is 1.07. The number of para-hydroxylation sites is 2. The number of ether oxygens (including phenoxy) is 2. The number of nitrogens with zero attached hydrogens (tertiary/aromatic N) is 2. The highest BCUT2D eigenvalue weighted by molar-refractivity contribution is 7.21. The number of fused-ring (bicyclic) bond motifs is 1. The van der Waals surface area contributed by atoms with Crippen LogP contribution >= 0.6 is 11.3 Å². The monoisotopic (exact) mass is 392 g/mol. The van der Waals surface area contributed by atoms with Gasteiger partial charge in [0.15, 0.2) is 11.5 Å². The lowest BCUT2D eigenvalue weighted by molar-refractivity contribution is -0.385. The Hall–Kier alpha value is -3.45. The molecule has 0 atom stereocenters. The van der Waals surface area contributed by atoms with Gasteiger partial charge in [0, 0.05) is 11.6 Å². The lowest BCUT2D eigenvalue weighted by Gasteiger charge is -2.12. The normalized spacial score (nSPS) is 10.8. The third-order valence-corrected chi connectivity index (χ3v) is 5.36. The minimum Gasteiger partial charge on any atom is -0.493 e. The number of nitro groups is 1. The molecule has 0 bridgehead atoms. The van der Waals surface area contributed by atoms with Crippen molar-refractivity contribution in [2.45, 2.75) is 6.61 Å². The maximum atomic E-state index is 11.2. The highest BCUT2D eigenvalue weighted by Crippen LogP contribution is 2.36. The van der Waals surface area contributed by atoms with Crippen LogP contribution < -0.4 is 9.47 Å². The molecule has 0 unspecified atom stereocenters. The van der Waals surface area contributed by atoms with Gasteiger partial charge in [0.05, 0.1) is 27.8 Å². The molecule has 0 aliphatic rings. The van der Waals surface area contributed by atoms with Gasteiger partial charge < -0.3 is 9.47 Å². The molecule has 28 heavy (non-hydrogen) atoms. The number of hydrogen-bond donors (Lipinski definition) is 0. The van der Waals surface area contributed by atoms with E-state index < -0.39 is 4.92 Å². The minimum absolute atomic E-state index is 0.0348. The first kappa shape index (κ1) is 17.9. The molecule has 0 amide bonds. The molecule has 0 spiro atoms. The zero-order valence-electron chi connectivity index (χ0n) is 15.0. The van der Waals surface area contributed by atoms with E-state index in [0.717, 1.165) is 20.8 Å². The van der Waals surface area contributed by atoms with Gasteiger partial charge in [-0.2, -0.15) is 0 Å². The maximum Gasteiger partial charge on any atom is 0.276 e. The number of nitro benzene ring substituents is 1. The molecule has 0 fully saturated rings. The molecule has 140 valence electrons. The van der Waals surface area contributed by atoms with E-state index in [1.165, 1.54) is 6.07 Å². The van der Waals surface area contributed by atoms with Crippen molar-refractivity contribution in [1.29, 1.82) is 0 Å². The van der Waals surface area contributed by atoms with E-state index in [1.54, 1.807) is 42.7 Å². The number of benzene rings is 3. The second-order valence-corrected chi connectivity index (χ2v) is 7.06. The molecule has 0 aliphatic heterocycles. The first-order valence-electron chi connectivity index (χ1n) is 8.55. The Bertz CT molecular complexity index is 1120. The molecule has 0 saturated heterocycles. The number of aromatic nitrogens is 1. The van der Waals surface area contributed by atoms with Gasteiger partial charge in [0.25, 0.3) is 5.69 Å². The van der Waals surface area contributed by atoms with E-state index >= 15 is 0 Å². The fourth-order valence-corrected chi connectivity index (χ4v) is 3.84. The first-order valence-corrected chi connectivity index (χ1v) is 9.36. The summed E-state index contributed by atoms with van der Waals surface area (Å²) in [5.41, 5.74) is 2.42. The van der Waals surface area contributed by atoms with Crippen LogP contribution in [-0.2, 0) is 6.61 Å². The van der Waals surface area contributed by atoms with Crippen molar-refractivity contribution in [3.8, 4) is 22.1 Å². The Morgan fingerprint density at radius 3 is 2.61 bits per heavy atom. The van der Waals surface area contributed by atoms with E-state index in [1.807, 2.05) is 36.4 Å². The van der Waals surface area contributed by atoms with Crippen LogP contribution in [0.4, 0.5) is 5.69 Å². The molecule has 1 heterocycles. The summed E-state index contributed by atoms with van der Waals surface area (Å²) in [6.45, 7) is 0.0774. The Morgan fingerprint density at radius 1 is 1.04 bits per heavy atom. The van der Waals surface area contributed by atoms with Crippen molar-refractivity contribution in [2.24, 2.45) is 0 Å². The third kappa shape index (κ3) is 3.52. The average Bonchev–Trinajstić information content (AvgIpc) is 3.16. The van der Waals surface area contributed by atoms with Crippen LogP contribution in [0.5, 0.6) is 11.5 Å². The largest absolute Gasteiger partial charge is 0.493 e. The molecular formula is C21H16N2O4S. The lowest BCUT2D eigenvalue weighted by atomic mass is 10.2. The van der Waals surface area contributed by atoms with Crippen molar-refractivity contribution >= 4 is 27.2 Å². The summed E-state index contributed by atoms with van der Waals surface area (Å²) in [5, 5.41) is 12.0. The summed E-state index contributed by atoms with van der Waals surface area (Å²) < 4.78 is 12.4. The summed E-state index contributed by atoms with van der Waals surface area (Å²) in [6.07, 6.45) is 0. The second kappa shape index (κ2) is 7.66. The van der Waals surface area contributed by atoms with E-state index in [9.17, 15) is 10.1 Å². The van der Waals surface area contributed by atoms with Crippen molar-refractivity contribution in [2.75, 3.05) is 7.11 Å². The van der Waals surface area contributed by atoms with Gasteiger partial charge in [-0.05, 0) is 36.4 Å². The summed E-state index contributed by atoms with van der Waals surface area (Å²) in [4.78, 5) is 15.4. The van der Waals surface area contributed by atoms with Crippen LogP contribution in [0.2, 0.25) is 0 Å². The van der Waals surface area contributed by atoms with Gasteiger partial charge in [0.1, 0.15) is 11.6 Å². The number of thiazole rings is 1. The zero-order chi connectivity index (χ0) is 19.5. The number of rotatable bonds is 6. The molecule has 0 saturated carbocycles. The SMILES string of the molecule is COc1cc(-c2nc3ccccc3s2)ccc1OCc1ccccc1[N+](=O)[O-]. The highest BCUT2D eigenvalue weighted by atomic mass is 32.1. The quantitative estimate of drug-likeness (QED) is 0.322. The van der Waals surface area contributed by atoms with E-state index in [4.69, 9.17) is 9.47 Å². The maximum absolute atomic E-state index is 11.2. The fourth-order valence-electron chi connectivity index (χ4n) is 2.88. The smallest absolute Gasteiger partial charge is 0.276 e.